The summed E-state index contributed by atoms with van der Waals surface area (Å²) in [6.45, 7) is 2.15. The van der Waals surface area contributed by atoms with E-state index in [1.54, 1.807) is 25.8 Å². The summed E-state index contributed by atoms with van der Waals surface area (Å²) < 4.78 is 5.38. The Morgan fingerprint density at radius 2 is 1.96 bits per heavy atom. The molecule has 0 unspecified atom stereocenters. The quantitative estimate of drug-likeness (QED) is 0.651. The molecule has 5 heteroatoms. The second-order valence-corrected chi connectivity index (χ2v) is 6.73. The van der Waals surface area contributed by atoms with Crippen LogP contribution in [0.15, 0.2) is 47.4 Å². The molecule has 1 amide bonds. The molecule has 0 spiro atoms. The molecule has 25 heavy (non-hydrogen) atoms. The molecular weight excluding hydrogens is 332 g/mol. The van der Waals surface area contributed by atoms with Crippen molar-refractivity contribution in [2.45, 2.75) is 18.2 Å². The van der Waals surface area contributed by atoms with Gasteiger partial charge in [-0.3, -0.25) is 4.79 Å². The van der Waals surface area contributed by atoms with E-state index in [1.165, 1.54) is 10.5 Å². The fourth-order valence-electron chi connectivity index (χ4n) is 2.98. The van der Waals surface area contributed by atoms with Crippen LogP contribution in [0.4, 0.5) is 0 Å². The monoisotopic (exact) mass is 354 g/mol. The maximum Gasteiger partial charge on any atom is 0.216 e. The molecule has 130 valence electrons. The van der Waals surface area contributed by atoms with Gasteiger partial charge in [-0.1, -0.05) is 12.1 Å². The van der Waals surface area contributed by atoms with Gasteiger partial charge < -0.3 is 15.0 Å². The van der Waals surface area contributed by atoms with Crippen LogP contribution in [0.3, 0.4) is 0 Å². The highest BCUT2D eigenvalue weighted by molar-refractivity contribution is 7.98. The van der Waals surface area contributed by atoms with Crippen molar-refractivity contribution in [3.05, 3.63) is 48.0 Å². The molecular formula is C20H22N2O2S. The Balaban J connectivity index is 2.06. The van der Waals surface area contributed by atoms with E-state index in [9.17, 15) is 4.79 Å². The SMILES string of the molecule is COc1ccc2[nH]c(-c3ccc(SC)cc3)c(CCNC(C)=O)c2c1. The standard InChI is InChI=1S/C20H22N2O2S/c1-13(23)21-11-10-17-18-12-15(24-2)6-9-19(18)22-20(17)14-4-7-16(25-3)8-5-14/h4-9,12,22H,10-11H2,1-3H3,(H,21,23). The molecule has 3 rings (SSSR count). The van der Waals surface area contributed by atoms with Crippen LogP contribution in [-0.2, 0) is 11.2 Å². The average molecular weight is 354 g/mol. The van der Waals surface area contributed by atoms with E-state index in [4.69, 9.17) is 4.74 Å². The van der Waals surface area contributed by atoms with E-state index < -0.39 is 0 Å². The van der Waals surface area contributed by atoms with Crippen molar-refractivity contribution in [1.82, 2.24) is 10.3 Å². The molecule has 0 bridgehead atoms. The number of benzene rings is 2. The number of amides is 1. The van der Waals surface area contributed by atoms with E-state index in [-0.39, 0.29) is 5.91 Å². The summed E-state index contributed by atoms with van der Waals surface area (Å²) >= 11 is 1.73. The van der Waals surface area contributed by atoms with E-state index in [0.29, 0.717) is 6.54 Å². The van der Waals surface area contributed by atoms with Crippen molar-refractivity contribution in [1.29, 1.82) is 0 Å². The van der Waals surface area contributed by atoms with E-state index in [2.05, 4.69) is 46.9 Å². The lowest BCUT2D eigenvalue weighted by Gasteiger charge is -2.07. The number of hydrogen-bond donors (Lipinski definition) is 2. The number of ether oxygens (including phenoxy) is 1. The van der Waals surface area contributed by atoms with Gasteiger partial charge in [0.15, 0.2) is 0 Å². The number of methoxy groups -OCH3 is 1. The van der Waals surface area contributed by atoms with Gasteiger partial charge in [-0.25, -0.2) is 0 Å². The lowest BCUT2D eigenvalue weighted by Crippen LogP contribution is -2.22. The molecule has 0 atom stereocenters. The zero-order valence-corrected chi connectivity index (χ0v) is 15.5. The Hall–Kier alpha value is -2.40. The summed E-state index contributed by atoms with van der Waals surface area (Å²) in [6, 6.07) is 14.6. The maximum absolute atomic E-state index is 11.2. The Morgan fingerprint density at radius 3 is 2.60 bits per heavy atom. The van der Waals surface area contributed by atoms with Crippen LogP contribution in [0.2, 0.25) is 0 Å². The molecule has 2 N–H and O–H groups in total. The third kappa shape index (κ3) is 3.82. The van der Waals surface area contributed by atoms with E-state index >= 15 is 0 Å². The van der Waals surface area contributed by atoms with Gasteiger partial charge in [0.05, 0.1) is 7.11 Å². The largest absolute Gasteiger partial charge is 0.497 e. The predicted molar refractivity (Wildman–Crippen MR) is 104 cm³/mol. The zero-order chi connectivity index (χ0) is 17.8. The third-order valence-electron chi connectivity index (χ3n) is 4.24. The first-order chi connectivity index (χ1) is 12.1. The molecule has 2 aromatic carbocycles. The van der Waals surface area contributed by atoms with Gasteiger partial charge in [0.25, 0.3) is 0 Å². The summed E-state index contributed by atoms with van der Waals surface area (Å²) in [5.74, 6) is 0.819. The molecule has 0 radical (unpaired) electrons. The van der Waals surface area contributed by atoms with Crippen LogP contribution in [0.5, 0.6) is 5.75 Å². The number of aromatic amines is 1. The lowest BCUT2D eigenvalue weighted by molar-refractivity contribution is -0.118. The van der Waals surface area contributed by atoms with Gasteiger partial charge in [0, 0.05) is 35.0 Å². The number of rotatable bonds is 6. The minimum absolute atomic E-state index is 0.0108. The molecule has 3 aromatic rings. The zero-order valence-electron chi connectivity index (χ0n) is 14.7. The number of nitrogens with one attached hydrogen (secondary N) is 2. The van der Waals surface area contributed by atoms with Crippen molar-refractivity contribution in [3.63, 3.8) is 0 Å². The fourth-order valence-corrected chi connectivity index (χ4v) is 3.39. The van der Waals surface area contributed by atoms with Gasteiger partial charge in [-0.05, 0) is 54.1 Å². The lowest BCUT2D eigenvalue weighted by atomic mass is 10.0. The van der Waals surface area contributed by atoms with Crippen molar-refractivity contribution >= 4 is 28.6 Å². The Morgan fingerprint density at radius 1 is 1.20 bits per heavy atom. The highest BCUT2D eigenvalue weighted by Gasteiger charge is 2.14. The van der Waals surface area contributed by atoms with Crippen LogP contribution in [-0.4, -0.2) is 30.8 Å². The van der Waals surface area contributed by atoms with Crippen molar-refractivity contribution in [2.24, 2.45) is 0 Å². The Bertz CT molecular complexity index is 885. The molecule has 4 nitrogen and oxygen atoms in total. The summed E-state index contributed by atoms with van der Waals surface area (Å²) in [5.41, 5.74) is 4.51. The molecule has 0 saturated carbocycles. The highest BCUT2D eigenvalue weighted by Crippen LogP contribution is 2.33. The van der Waals surface area contributed by atoms with Gasteiger partial charge in [-0.2, -0.15) is 0 Å². The number of carbonyl (C=O) groups excluding carboxylic acids is 1. The Labute approximate surface area is 152 Å². The molecule has 0 aliphatic carbocycles. The summed E-state index contributed by atoms with van der Waals surface area (Å²) in [6.07, 6.45) is 2.83. The summed E-state index contributed by atoms with van der Waals surface area (Å²) in [7, 11) is 1.67. The van der Waals surface area contributed by atoms with Crippen LogP contribution in [0.1, 0.15) is 12.5 Å². The van der Waals surface area contributed by atoms with Crippen molar-refractivity contribution in [3.8, 4) is 17.0 Å². The average Bonchev–Trinajstić information content (AvgIpc) is 2.99. The van der Waals surface area contributed by atoms with Gasteiger partial charge in [-0.15, -0.1) is 11.8 Å². The number of carbonyl (C=O) groups is 1. The van der Waals surface area contributed by atoms with Gasteiger partial charge in [0.1, 0.15) is 5.75 Å². The van der Waals surface area contributed by atoms with E-state index in [1.807, 2.05) is 12.1 Å². The second-order valence-electron chi connectivity index (χ2n) is 5.85. The van der Waals surface area contributed by atoms with Gasteiger partial charge >= 0.3 is 0 Å². The Kier molecular flexibility index (Phi) is 5.34. The number of fused-ring (bicyclic) bond motifs is 1. The number of hydrogen-bond acceptors (Lipinski definition) is 3. The third-order valence-corrected chi connectivity index (χ3v) is 4.98. The normalized spacial score (nSPS) is 10.8. The minimum atomic E-state index is -0.0108. The molecule has 0 fully saturated rings. The van der Waals surface area contributed by atoms with Crippen LogP contribution in [0.25, 0.3) is 22.2 Å². The highest BCUT2D eigenvalue weighted by atomic mass is 32.2. The molecule has 0 saturated heterocycles. The van der Waals surface area contributed by atoms with Crippen molar-refractivity contribution in [2.75, 3.05) is 19.9 Å². The maximum atomic E-state index is 11.2. The smallest absolute Gasteiger partial charge is 0.216 e. The number of thioether (sulfide) groups is 1. The fraction of sp³-hybridized carbons (Fsp3) is 0.250. The first-order valence-corrected chi connectivity index (χ1v) is 9.42. The summed E-state index contributed by atoms with van der Waals surface area (Å²) in [4.78, 5) is 16.0. The van der Waals surface area contributed by atoms with Crippen LogP contribution < -0.4 is 10.1 Å². The number of H-pyrrole nitrogens is 1. The predicted octanol–water partition coefficient (Wildman–Crippen LogP) is 4.24. The number of aromatic nitrogens is 1. The summed E-state index contributed by atoms with van der Waals surface area (Å²) in [5, 5.41) is 4.02. The van der Waals surface area contributed by atoms with Crippen LogP contribution in [0, 0.1) is 0 Å². The first kappa shape index (κ1) is 17.4. The van der Waals surface area contributed by atoms with Crippen LogP contribution >= 0.6 is 11.8 Å². The van der Waals surface area contributed by atoms with E-state index in [0.717, 1.165) is 34.3 Å². The van der Waals surface area contributed by atoms with Gasteiger partial charge in [0.2, 0.25) is 5.91 Å². The molecule has 1 aromatic heterocycles. The molecule has 0 aliphatic heterocycles. The van der Waals surface area contributed by atoms with Crippen molar-refractivity contribution < 1.29 is 9.53 Å². The second kappa shape index (κ2) is 7.66. The molecule has 0 aliphatic rings. The minimum Gasteiger partial charge on any atom is -0.497 e. The topological polar surface area (TPSA) is 54.1 Å². The first-order valence-electron chi connectivity index (χ1n) is 8.20. The molecule has 1 heterocycles.